The highest BCUT2D eigenvalue weighted by Crippen LogP contribution is 2.31. The molecule has 3 heteroatoms. The second-order valence-electron chi connectivity index (χ2n) is 6.61. The third-order valence-corrected chi connectivity index (χ3v) is 4.15. The van der Waals surface area contributed by atoms with Crippen LogP contribution in [0.3, 0.4) is 0 Å². The van der Waals surface area contributed by atoms with Gasteiger partial charge in [0.1, 0.15) is 5.82 Å². The van der Waals surface area contributed by atoms with Gasteiger partial charge in [0, 0.05) is 17.8 Å². The lowest BCUT2D eigenvalue weighted by molar-refractivity contribution is 0.590. The summed E-state index contributed by atoms with van der Waals surface area (Å²) in [6.45, 7) is 8.30. The lowest BCUT2D eigenvalue weighted by atomic mass is 9.86. The zero-order chi connectivity index (χ0) is 14.3. The maximum Gasteiger partial charge on any atom is 0.123 e. The average molecular weight is 269 g/mol. The van der Waals surface area contributed by atoms with Crippen molar-refractivity contribution in [3.63, 3.8) is 0 Å². The molecule has 0 saturated heterocycles. The molecule has 3 nitrogen and oxygen atoms in total. The van der Waals surface area contributed by atoms with Gasteiger partial charge in [-0.2, -0.15) is 0 Å². The summed E-state index contributed by atoms with van der Waals surface area (Å²) in [4.78, 5) is 4.75. The number of imidazole rings is 1. The van der Waals surface area contributed by atoms with Gasteiger partial charge >= 0.3 is 0 Å². The van der Waals surface area contributed by atoms with E-state index in [1.54, 1.807) is 0 Å². The number of fused-ring (bicyclic) bond motifs is 1. The molecule has 0 aliphatic carbocycles. The van der Waals surface area contributed by atoms with Crippen molar-refractivity contribution < 1.29 is 0 Å². The van der Waals surface area contributed by atoms with E-state index in [1.165, 1.54) is 23.2 Å². The molecular weight excluding hydrogens is 246 g/mol. The van der Waals surface area contributed by atoms with Crippen LogP contribution < -0.4 is 5.73 Å². The van der Waals surface area contributed by atoms with Crippen molar-refractivity contribution >= 4 is 0 Å². The molecule has 2 aromatic rings. The van der Waals surface area contributed by atoms with Crippen molar-refractivity contribution in [1.29, 1.82) is 0 Å². The first-order valence-electron chi connectivity index (χ1n) is 7.40. The molecule has 0 unspecified atom stereocenters. The van der Waals surface area contributed by atoms with Crippen molar-refractivity contribution in [3.8, 4) is 11.3 Å². The molecule has 20 heavy (non-hydrogen) atoms. The van der Waals surface area contributed by atoms with Gasteiger partial charge in [0.2, 0.25) is 0 Å². The van der Waals surface area contributed by atoms with E-state index < -0.39 is 0 Å². The SMILES string of the molecule is CC(C)(C)c1ccc(-c2nc(CN)n3c2CCC3)cc1. The molecule has 0 atom stereocenters. The molecular formula is C17H23N3. The summed E-state index contributed by atoms with van der Waals surface area (Å²) in [7, 11) is 0. The topological polar surface area (TPSA) is 43.8 Å². The first-order chi connectivity index (χ1) is 9.50. The first-order valence-corrected chi connectivity index (χ1v) is 7.40. The summed E-state index contributed by atoms with van der Waals surface area (Å²) >= 11 is 0. The predicted molar refractivity (Wildman–Crippen MR) is 82.6 cm³/mol. The highest BCUT2D eigenvalue weighted by Gasteiger charge is 2.22. The van der Waals surface area contributed by atoms with Gasteiger partial charge in [0.15, 0.2) is 0 Å². The van der Waals surface area contributed by atoms with Crippen LogP contribution in [0.15, 0.2) is 24.3 Å². The lowest BCUT2D eigenvalue weighted by Crippen LogP contribution is -2.10. The quantitative estimate of drug-likeness (QED) is 0.909. The van der Waals surface area contributed by atoms with E-state index >= 15 is 0 Å². The summed E-state index contributed by atoms with van der Waals surface area (Å²) in [5.74, 6) is 1.02. The third kappa shape index (κ3) is 2.16. The van der Waals surface area contributed by atoms with Gasteiger partial charge < -0.3 is 10.3 Å². The van der Waals surface area contributed by atoms with E-state index in [4.69, 9.17) is 10.7 Å². The van der Waals surface area contributed by atoms with Crippen LogP contribution in [0.1, 0.15) is 44.3 Å². The van der Waals surface area contributed by atoms with Gasteiger partial charge in [-0.25, -0.2) is 4.98 Å². The highest BCUT2D eigenvalue weighted by atomic mass is 15.1. The van der Waals surface area contributed by atoms with E-state index in [-0.39, 0.29) is 5.41 Å². The zero-order valence-corrected chi connectivity index (χ0v) is 12.6. The Balaban J connectivity index is 2.02. The second kappa shape index (κ2) is 4.74. The molecule has 1 aromatic carbocycles. The van der Waals surface area contributed by atoms with Crippen LogP contribution in [-0.4, -0.2) is 9.55 Å². The molecule has 1 aliphatic heterocycles. The molecule has 0 fully saturated rings. The Morgan fingerprint density at radius 1 is 1.20 bits per heavy atom. The lowest BCUT2D eigenvalue weighted by Gasteiger charge is -2.19. The fraction of sp³-hybridized carbons (Fsp3) is 0.471. The van der Waals surface area contributed by atoms with Crippen LogP contribution in [-0.2, 0) is 24.9 Å². The number of hydrogen-bond donors (Lipinski definition) is 1. The van der Waals surface area contributed by atoms with E-state index in [9.17, 15) is 0 Å². The first kappa shape index (κ1) is 13.4. The molecule has 0 spiro atoms. The molecule has 2 N–H and O–H groups in total. The van der Waals surface area contributed by atoms with Crippen molar-refractivity contribution in [3.05, 3.63) is 41.3 Å². The number of rotatable bonds is 2. The summed E-state index contributed by atoms with van der Waals surface area (Å²) in [6, 6.07) is 8.83. The minimum Gasteiger partial charge on any atom is -0.330 e. The monoisotopic (exact) mass is 269 g/mol. The molecule has 0 saturated carbocycles. The summed E-state index contributed by atoms with van der Waals surface area (Å²) in [5, 5.41) is 0. The Kier molecular flexibility index (Phi) is 3.17. The fourth-order valence-corrected chi connectivity index (χ4v) is 2.97. The largest absolute Gasteiger partial charge is 0.330 e. The third-order valence-electron chi connectivity index (χ3n) is 4.15. The summed E-state index contributed by atoms with van der Waals surface area (Å²) in [5.41, 5.74) is 11.1. The fourth-order valence-electron chi connectivity index (χ4n) is 2.97. The van der Waals surface area contributed by atoms with Gasteiger partial charge in [-0.1, -0.05) is 45.0 Å². The van der Waals surface area contributed by atoms with Crippen molar-refractivity contribution in [2.24, 2.45) is 5.73 Å². The second-order valence-corrected chi connectivity index (χ2v) is 6.61. The van der Waals surface area contributed by atoms with Gasteiger partial charge in [0.05, 0.1) is 12.2 Å². The zero-order valence-electron chi connectivity index (χ0n) is 12.6. The Bertz CT molecular complexity index is 615. The van der Waals surface area contributed by atoms with Gasteiger partial charge in [-0.3, -0.25) is 0 Å². The number of nitrogens with zero attached hydrogens (tertiary/aromatic N) is 2. The molecule has 0 bridgehead atoms. The minimum atomic E-state index is 0.192. The highest BCUT2D eigenvalue weighted by molar-refractivity contribution is 5.63. The minimum absolute atomic E-state index is 0.192. The van der Waals surface area contributed by atoms with E-state index in [0.717, 1.165) is 24.5 Å². The predicted octanol–water partition coefficient (Wildman–Crippen LogP) is 3.25. The summed E-state index contributed by atoms with van der Waals surface area (Å²) < 4.78 is 2.30. The summed E-state index contributed by atoms with van der Waals surface area (Å²) in [6.07, 6.45) is 2.32. The molecule has 2 heterocycles. The maximum absolute atomic E-state index is 5.81. The van der Waals surface area contributed by atoms with Crippen LogP contribution in [0.2, 0.25) is 0 Å². The van der Waals surface area contributed by atoms with Crippen molar-refractivity contribution in [2.45, 2.75) is 52.1 Å². The number of nitrogens with two attached hydrogens (primary N) is 1. The Morgan fingerprint density at radius 2 is 1.90 bits per heavy atom. The normalized spacial score (nSPS) is 14.6. The standard InChI is InChI=1S/C17H23N3/c1-17(2,3)13-8-6-12(7-9-13)16-14-5-4-10-20(14)15(11-18)19-16/h6-9H,4-5,10-11,18H2,1-3H3. The van der Waals surface area contributed by atoms with Crippen LogP contribution in [0.25, 0.3) is 11.3 Å². The van der Waals surface area contributed by atoms with E-state index in [2.05, 4.69) is 49.6 Å². The van der Waals surface area contributed by atoms with Gasteiger partial charge in [-0.05, 0) is 23.8 Å². The Labute approximate surface area is 120 Å². The van der Waals surface area contributed by atoms with Crippen molar-refractivity contribution in [2.75, 3.05) is 0 Å². The molecule has 1 aromatic heterocycles. The Morgan fingerprint density at radius 3 is 2.50 bits per heavy atom. The van der Waals surface area contributed by atoms with Crippen molar-refractivity contribution in [1.82, 2.24) is 9.55 Å². The van der Waals surface area contributed by atoms with E-state index in [1.807, 2.05) is 0 Å². The van der Waals surface area contributed by atoms with Crippen LogP contribution >= 0.6 is 0 Å². The van der Waals surface area contributed by atoms with E-state index in [0.29, 0.717) is 6.54 Å². The van der Waals surface area contributed by atoms with Crippen LogP contribution in [0.4, 0.5) is 0 Å². The number of aromatic nitrogens is 2. The molecule has 0 radical (unpaired) electrons. The molecule has 3 rings (SSSR count). The smallest absolute Gasteiger partial charge is 0.123 e. The molecule has 1 aliphatic rings. The van der Waals surface area contributed by atoms with Crippen LogP contribution in [0.5, 0.6) is 0 Å². The van der Waals surface area contributed by atoms with Gasteiger partial charge in [0.25, 0.3) is 0 Å². The van der Waals surface area contributed by atoms with Crippen LogP contribution in [0, 0.1) is 0 Å². The number of hydrogen-bond acceptors (Lipinski definition) is 2. The molecule has 106 valence electrons. The Hall–Kier alpha value is -1.61. The maximum atomic E-state index is 5.81. The van der Waals surface area contributed by atoms with Gasteiger partial charge in [-0.15, -0.1) is 0 Å². The number of benzene rings is 1. The average Bonchev–Trinajstić information content (AvgIpc) is 2.99. The molecule has 0 amide bonds.